The van der Waals surface area contributed by atoms with Gasteiger partial charge in [-0.2, -0.15) is 0 Å². The van der Waals surface area contributed by atoms with Gasteiger partial charge in [0.2, 0.25) is 0 Å². The van der Waals surface area contributed by atoms with Gasteiger partial charge in [0.25, 0.3) is 0 Å². The van der Waals surface area contributed by atoms with Crippen molar-refractivity contribution in [1.29, 1.82) is 5.41 Å². The van der Waals surface area contributed by atoms with Crippen LogP contribution < -0.4 is 11.1 Å². The topological polar surface area (TPSA) is 74.3 Å². The summed E-state index contributed by atoms with van der Waals surface area (Å²) in [6, 6.07) is 0.675. The van der Waals surface area contributed by atoms with Gasteiger partial charge in [-0.15, -0.1) is 0 Å². The molecule has 0 aliphatic heterocycles. The molecule has 0 spiro atoms. The third-order valence-electron chi connectivity index (χ3n) is 4.27. The molecule has 1 aliphatic carbocycles. The Kier molecular flexibility index (Phi) is 6.69. The fourth-order valence-electron chi connectivity index (χ4n) is 2.81. The van der Waals surface area contributed by atoms with Crippen molar-refractivity contribution in [1.82, 2.24) is 5.32 Å². The molecule has 1 aliphatic rings. The third-order valence-corrected chi connectivity index (χ3v) is 4.27. The van der Waals surface area contributed by atoms with E-state index in [1.807, 2.05) is 0 Å². The Labute approximate surface area is 130 Å². The minimum Gasteiger partial charge on any atom is -0.387 e. The van der Waals surface area contributed by atoms with E-state index in [1.54, 1.807) is 0 Å². The molecule has 0 aromatic heterocycles. The molecule has 4 nitrogen and oxygen atoms in total. The summed E-state index contributed by atoms with van der Waals surface area (Å²) < 4.78 is 0. The van der Waals surface area contributed by atoms with E-state index in [4.69, 9.17) is 11.1 Å². The summed E-state index contributed by atoms with van der Waals surface area (Å²) in [5, 5.41) is 11.3. The second-order valence-electron chi connectivity index (χ2n) is 7.40. The van der Waals surface area contributed by atoms with Crippen LogP contribution in [0.4, 0.5) is 0 Å². The van der Waals surface area contributed by atoms with Gasteiger partial charge in [-0.3, -0.25) is 10.4 Å². The van der Waals surface area contributed by atoms with Crippen LogP contribution in [0.15, 0.2) is 4.99 Å². The zero-order chi connectivity index (χ0) is 16.2. The lowest BCUT2D eigenvalue weighted by molar-refractivity contribution is 0.513. The van der Waals surface area contributed by atoms with Crippen LogP contribution in [-0.2, 0) is 0 Å². The quantitative estimate of drug-likeness (QED) is 0.474. The first-order valence-corrected chi connectivity index (χ1v) is 8.38. The highest BCUT2D eigenvalue weighted by Crippen LogP contribution is 2.46. The van der Waals surface area contributed by atoms with E-state index in [2.05, 4.69) is 51.9 Å². The van der Waals surface area contributed by atoms with Crippen LogP contribution in [-0.4, -0.2) is 23.8 Å². The molecule has 1 saturated carbocycles. The van der Waals surface area contributed by atoms with E-state index in [1.165, 1.54) is 6.42 Å². The van der Waals surface area contributed by atoms with E-state index in [0.717, 1.165) is 30.5 Å². The molecule has 21 heavy (non-hydrogen) atoms. The molecule has 1 rings (SSSR count). The van der Waals surface area contributed by atoms with Gasteiger partial charge in [-0.05, 0) is 51.9 Å². The van der Waals surface area contributed by atoms with Crippen molar-refractivity contribution in [2.75, 3.05) is 0 Å². The number of hydrogen-bond donors (Lipinski definition) is 3. The molecule has 0 aromatic rings. The molecule has 0 saturated heterocycles. The van der Waals surface area contributed by atoms with Crippen molar-refractivity contribution < 1.29 is 0 Å². The molecule has 122 valence electrons. The number of amidine groups is 2. The Bertz CT molecular complexity index is 373. The highest BCUT2D eigenvalue weighted by Gasteiger charge is 2.38. The van der Waals surface area contributed by atoms with E-state index in [9.17, 15) is 0 Å². The lowest BCUT2D eigenvalue weighted by atomic mass is 10.00. The highest BCUT2D eigenvalue weighted by atomic mass is 15.0. The Morgan fingerprint density at radius 3 is 2.24 bits per heavy atom. The molecule has 0 bridgehead atoms. The highest BCUT2D eigenvalue weighted by molar-refractivity contribution is 5.82. The molecule has 4 N–H and O–H groups in total. The van der Waals surface area contributed by atoms with Gasteiger partial charge in [0.05, 0.1) is 11.7 Å². The van der Waals surface area contributed by atoms with Crippen LogP contribution in [0.3, 0.4) is 0 Å². The molecule has 0 radical (unpaired) electrons. The van der Waals surface area contributed by atoms with E-state index in [0.29, 0.717) is 29.8 Å². The first-order chi connectivity index (χ1) is 9.70. The number of nitrogens with zero attached hydrogens (tertiary/aromatic N) is 1. The molecule has 1 fully saturated rings. The van der Waals surface area contributed by atoms with Gasteiger partial charge >= 0.3 is 0 Å². The average Bonchev–Trinajstić information content (AvgIpc) is 3.05. The number of nitrogens with one attached hydrogen (secondary N) is 2. The minimum atomic E-state index is 0.325. The number of hydrogen-bond acceptors (Lipinski definition) is 2. The standard InChI is InChI=1S/C17H34N4/c1-10(2)16(18)21-13(6)8-15-9-14(15)7-12(5)17(19)20-11(3)4/h10-15H,7-9H2,1-6H3,(H2,18,21)(H2,19,20)/t12?,13?,14?,15-/m0/s1. The van der Waals surface area contributed by atoms with E-state index in [-0.39, 0.29) is 0 Å². The first kappa shape index (κ1) is 18.0. The summed E-state index contributed by atoms with van der Waals surface area (Å²) in [4.78, 5) is 4.58. The van der Waals surface area contributed by atoms with E-state index < -0.39 is 0 Å². The number of aliphatic imine (C=N–C) groups is 1. The van der Waals surface area contributed by atoms with Gasteiger partial charge in [0.1, 0.15) is 0 Å². The predicted octanol–water partition coefficient (Wildman–Crippen LogP) is 3.42. The van der Waals surface area contributed by atoms with Gasteiger partial charge in [0, 0.05) is 23.9 Å². The second-order valence-corrected chi connectivity index (χ2v) is 7.40. The van der Waals surface area contributed by atoms with Gasteiger partial charge in [-0.25, -0.2) is 0 Å². The monoisotopic (exact) mass is 294 g/mol. The molecular formula is C17H34N4. The summed E-state index contributed by atoms with van der Waals surface area (Å²) in [5.41, 5.74) is 5.93. The zero-order valence-electron chi connectivity index (χ0n) is 14.6. The molecule has 0 heterocycles. The van der Waals surface area contributed by atoms with Crippen molar-refractivity contribution in [2.24, 2.45) is 34.4 Å². The molecule has 4 heteroatoms. The van der Waals surface area contributed by atoms with Crippen molar-refractivity contribution in [2.45, 2.75) is 72.9 Å². The molecular weight excluding hydrogens is 260 g/mol. The summed E-state index contributed by atoms with van der Waals surface area (Å²) in [6.07, 6.45) is 3.55. The van der Waals surface area contributed by atoms with Gasteiger partial charge in [0.15, 0.2) is 0 Å². The SMILES string of the molecule is CC(C[C@H]1CC1CC(C)C(=N)NC(C)C)/N=C(\N)C(C)C. The second kappa shape index (κ2) is 7.81. The lowest BCUT2D eigenvalue weighted by Crippen LogP contribution is -2.34. The molecule has 4 atom stereocenters. The summed E-state index contributed by atoms with van der Waals surface area (Å²) in [6.45, 7) is 12.7. The van der Waals surface area contributed by atoms with Crippen molar-refractivity contribution in [3.63, 3.8) is 0 Å². The number of nitrogens with two attached hydrogens (primary N) is 1. The maximum absolute atomic E-state index is 8.04. The van der Waals surface area contributed by atoms with Crippen molar-refractivity contribution in [3.05, 3.63) is 0 Å². The van der Waals surface area contributed by atoms with Crippen LogP contribution in [0.5, 0.6) is 0 Å². The zero-order valence-corrected chi connectivity index (χ0v) is 14.6. The van der Waals surface area contributed by atoms with Gasteiger partial charge in [-0.1, -0.05) is 20.8 Å². The van der Waals surface area contributed by atoms with Crippen molar-refractivity contribution in [3.8, 4) is 0 Å². The van der Waals surface area contributed by atoms with Crippen LogP contribution in [0.25, 0.3) is 0 Å². The van der Waals surface area contributed by atoms with E-state index >= 15 is 0 Å². The Morgan fingerprint density at radius 2 is 1.71 bits per heavy atom. The average molecular weight is 294 g/mol. The lowest BCUT2D eigenvalue weighted by Gasteiger charge is -2.17. The van der Waals surface area contributed by atoms with Crippen LogP contribution >= 0.6 is 0 Å². The maximum atomic E-state index is 8.04. The predicted molar refractivity (Wildman–Crippen MR) is 91.9 cm³/mol. The first-order valence-electron chi connectivity index (χ1n) is 8.38. The molecule has 0 aromatic carbocycles. The van der Waals surface area contributed by atoms with Crippen LogP contribution in [0, 0.1) is 29.1 Å². The van der Waals surface area contributed by atoms with Crippen LogP contribution in [0.1, 0.15) is 60.8 Å². The fraction of sp³-hybridized carbons (Fsp3) is 0.882. The Morgan fingerprint density at radius 1 is 1.14 bits per heavy atom. The summed E-state index contributed by atoms with van der Waals surface area (Å²) in [7, 11) is 0. The maximum Gasteiger partial charge on any atom is 0.0966 e. The van der Waals surface area contributed by atoms with Crippen LogP contribution in [0.2, 0.25) is 0 Å². The smallest absolute Gasteiger partial charge is 0.0966 e. The Hall–Kier alpha value is -1.06. The summed E-state index contributed by atoms with van der Waals surface area (Å²) >= 11 is 0. The fourth-order valence-corrected chi connectivity index (χ4v) is 2.81. The number of rotatable bonds is 8. The van der Waals surface area contributed by atoms with Crippen molar-refractivity contribution >= 4 is 11.7 Å². The Balaban J connectivity index is 2.31. The molecule has 0 amide bonds. The normalized spacial score (nSPS) is 25.0. The minimum absolute atomic E-state index is 0.325. The third kappa shape index (κ3) is 6.49. The summed E-state index contributed by atoms with van der Waals surface area (Å²) in [5.74, 6) is 3.68. The largest absolute Gasteiger partial charge is 0.387 e. The van der Waals surface area contributed by atoms with Gasteiger partial charge < -0.3 is 11.1 Å². The molecule has 3 unspecified atom stereocenters.